The van der Waals surface area contributed by atoms with Crippen LogP contribution in [0.1, 0.15) is 25.8 Å². The van der Waals surface area contributed by atoms with E-state index in [2.05, 4.69) is 5.32 Å². The number of amides is 2. The van der Waals surface area contributed by atoms with E-state index in [1.165, 1.54) is 0 Å². The highest BCUT2D eigenvalue weighted by molar-refractivity contribution is 5.93. The maximum Gasteiger partial charge on any atom is 0.321 e. The molecule has 0 bridgehead atoms. The van der Waals surface area contributed by atoms with E-state index in [4.69, 9.17) is 5.11 Å². The van der Waals surface area contributed by atoms with E-state index in [1.54, 1.807) is 4.90 Å². The van der Waals surface area contributed by atoms with Crippen molar-refractivity contribution < 1.29 is 14.7 Å². The minimum absolute atomic E-state index is 0.0172. The number of carbonyl (C=O) groups is 2. The van der Waals surface area contributed by atoms with Crippen molar-refractivity contribution in [3.63, 3.8) is 0 Å². The molecule has 1 aliphatic rings. The van der Waals surface area contributed by atoms with Gasteiger partial charge in [0.05, 0.1) is 5.92 Å². The zero-order chi connectivity index (χ0) is 15.4. The molecule has 1 aliphatic heterocycles. The summed E-state index contributed by atoms with van der Waals surface area (Å²) < 4.78 is 0. The molecule has 2 rings (SSSR count). The molecule has 2 amide bonds. The summed E-state index contributed by atoms with van der Waals surface area (Å²) >= 11 is 0. The van der Waals surface area contributed by atoms with Crippen LogP contribution in [0.2, 0.25) is 0 Å². The van der Waals surface area contributed by atoms with Gasteiger partial charge in [0.25, 0.3) is 0 Å². The van der Waals surface area contributed by atoms with Crippen LogP contribution in [0.3, 0.4) is 0 Å². The van der Waals surface area contributed by atoms with Crippen LogP contribution in [0.15, 0.2) is 24.3 Å². The molecule has 2 N–H and O–H groups in total. The number of nitrogens with zero attached hydrogens (tertiary/aromatic N) is 1. The first kappa shape index (κ1) is 15.4. The Bertz CT molecular complexity index is 528. The highest BCUT2D eigenvalue weighted by Gasteiger charge is 2.25. The first-order valence-electron chi connectivity index (χ1n) is 7.36. The molecular formula is C16H22N2O3. The predicted octanol–water partition coefficient (Wildman–Crippen LogP) is 2.51. The highest BCUT2D eigenvalue weighted by atomic mass is 16.4. The lowest BCUT2D eigenvalue weighted by atomic mass is 9.96. The van der Waals surface area contributed by atoms with Gasteiger partial charge in [0.15, 0.2) is 0 Å². The van der Waals surface area contributed by atoms with Crippen molar-refractivity contribution in [1.82, 2.24) is 5.32 Å². The van der Waals surface area contributed by atoms with E-state index in [1.807, 2.05) is 38.1 Å². The third-order valence-corrected chi connectivity index (χ3v) is 3.95. The first-order chi connectivity index (χ1) is 10.0. The maximum atomic E-state index is 12.3. The van der Waals surface area contributed by atoms with Crippen molar-refractivity contribution in [3.05, 3.63) is 29.8 Å². The van der Waals surface area contributed by atoms with Crippen LogP contribution < -0.4 is 10.2 Å². The molecule has 0 radical (unpaired) electrons. The summed E-state index contributed by atoms with van der Waals surface area (Å²) in [6.07, 6.45) is 1.90. The lowest BCUT2D eigenvalue weighted by Gasteiger charge is -2.30. The molecule has 1 unspecified atom stereocenters. The maximum absolute atomic E-state index is 12.3. The smallest absolute Gasteiger partial charge is 0.321 e. The molecule has 0 fully saturated rings. The number of nitrogens with one attached hydrogen (secondary N) is 1. The third-order valence-electron chi connectivity index (χ3n) is 3.95. The van der Waals surface area contributed by atoms with Crippen LogP contribution in [-0.4, -0.2) is 30.2 Å². The monoisotopic (exact) mass is 290 g/mol. The summed E-state index contributed by atoms with van der Waals surface area (Å²) in [5.41, 5.74) is 2.09. The minimum atomic E-state index is -0.871. The molecule has 0 spiro atoms. The van der Waals surface area contributed by atoms with Gasteiger partial charge in [-0.05, 0) is 30.4 Å². The number of aryl methyl sites for hydroxylation is 1. The Hall–Kier alpha value is -2.04. The summed E-state index contributed by atoms with van der Waals surface area (Å²) in [5, 5.41) is 11.9. The Balaban J connectivity index is 2.03. The quantitative estimate of drug-likeness (QED) is 0.895. The highest BCUT2D eigenvalue weighted by Crippen LogP contribution is 2.26. The van der Waals surface area contributed by atoms with Crippen LogP contribution in [-0.2, 0) is 11.2 Å². The second-order valence-electron chi connectivity index (χ2n) is 5.76. The average molecular weight is 290 g/mol. The van der Waals surface area contributed by atoms with Crippen LogP contribution in [0.4, 0.5) is 10.5 Å². The van der Waals surface area contributed by atoms with Gasteiger partial charge >= 0.3 is 12.0 Å². The summed E-state index contributed by atoms with van der Waals surface area (Å²) in [7, 11) is 0. The van der Waals surface area contributed by atoms with Gasteiger partial charge in [0.1, 0.15) is 0 Å². The normalized spacial score (nSPS) is 15.5. The van der Waals surface area contributed by atoms with Gasteiger partial charge in [-0.3, -0.25) is 9.69 Å². The lowest BCUT2D eigenvalue weighted by molar-refractivity contribution is -0.142. The van der Waals surface area contributed by atoms with Gasteiger partial charge in [0.2, 0.25) is 0 Å². The number of para-hydroxylation sites is 1. The number of urea groups is 1. The number of anilines is 1. The molecule has 1 heterocycles. The van der Waals surface area contributed by atoms with Crippen molar-refractivity contribution in [3.8, 4) is 0 Å². The number of carbonyl (C=O) groups excluding carboxylic acids is 1. The van der Waals surface area contributed by atoms with Gasteiger partial charge in [-0.25, -0.2) is 4.79 Å². The number of aliphatic carboxylic acids is 1. The SMILES string of the molecule is CC(C)C(CNC(=O)N1CCCc2ccccc21)C(=O)O. The number of rotatable bonds is 4. The van der Waals surface area contributed by atoms with Crippen molar-refractivity contribution in [2.24, 2.45) is 11.8 Å². The van der Waals surface area contributed by atoms with Gasteiger partial charge in [-0.2, -0.15) is 0 Å². The summed E-state index contributed by atoms with van der Waals surface area (Å²) in [5.74, 6) is -1.45. The molecule has 5 heteroatoms. The summed E-state index contributed by atoms with van der Waals surface area (Å²) in [6.45, 7) is 4.52. The topological polar surface area (TPSA) is 69.6 Å². The Morgan fingerprint density at radius 1 is 1.33 bits per heavy atom. The number of hydrogen-bond acceptors (Lipinski definition) is 2. The molecule has 21 heavy (non-hydrogen) atoms. The van der Waals surface area contributed by atoms with E-state index in [0.717, 1.165) is 24.1 Å². The standard InChI is InChI=1S/C16H22N2O3/c1-11(2)13(15(19)20)10-17-16(21)18-9-5-7-12-6-3-4-8-14(12)18/h3-4,6,8,11,13H,5,7,9-10H2,1-2H3,(H,17,21)(H,19,20). The largest absolute Gasteiger partial charge is 0.481 e. The van der Waals surface area contributed by atoms with E-state index < -0.39 is 11.9 Å². The Morgan fingerprint density at radius 3 is 2.71 bits per heavy atom. The Kier molecular flexibility index (Phi) is 4.83. The van der Waals surface area contributed by atoms with Crippen molar-refractivity contribution in [2.75, 3.05) is 18.0 Å². The van der Waals surface area contributed by atoms with Gasteiger partial charge in [-0.15, -0.1) is 0 Å². The third kappa shape index (κ3) is 3.54. The number of hydrogen-bond donors (Lipinski definition) is 2. The van der Waals surface area contributed by atoms with Crippen LogP contribution in [0, 0.1) is 11.8 Å². The molecule has 114 valence electrons. The molecule has 1 aromatic rings. The van der Waals surface area contributed by atoms with Crippen LogP contribution in [0.5, 0.6) is 0 Å². The summed E-state index contributed by atoms with van der Waals surface area (Å²) in [4.78, 5) is 25.2. The molecule has 0 saturated heterocycles. The van der Waals surface area contributed by atoms with E-state index in [9.17, 15) is 9.59 Å². The Morgan fingerprint density at radius 2 is 2.05 bits per heavy atom. The van der Waals surface area contributed by atoms with Crippen molar-refractivity contribution in [1.29, 1.82) is 0 Å². The van der Waals surface area contributed by atoms with Crippen molar-refractivity contribution >= 4 is 17.7 Å². The molecule has 1 aromatic carbocycles. The number of carboxylic acids is 1. The predicted molar refractivity (Wildman–Crippen MR) is 81.5 cm³/mol. The van der Waals surface area contributed by atoms with Crippen molar-refractivity contribution in [2.45, 2.75) is 26.7 Å². The second-order valence-corrected chi connectivity index (χ2v) is 5.76. The number of benzene rings is 1. The van der Waals surface area contributed by atoms with Crippen LogP contribution >= 0.6 is 0 Å². The van der Waals surface area contributed by atoms with E-state index >= 15 is 0 Å². The molecular weight excluding hydrogens is 268 g/mol. The van der Waals surface area contributed by atoms with Crippen LogP contribution in [0.25, 0.3) is 0 Å². The molecule has 5 nitrogen and oxygen atoms in total. The first-order valence-corrected chi connectivity index (χ1v) is 7.36. The second kappa shape index (κ2) is 6.61. The summed E-state index contributed by atoms with van der Waals surface area (Å²) in [6, 6.07) is 7.64. The zero-order valence-corrected chi connectivity index (χ0v) is 12.5. The van der Waals surface area contributed by atoms with Gasteiger partial charge < -0.3 is 10.4 Å². The number of fused-ring (bicyclic) bond motifs is 1. The average Bonchev–Trinajstić information content (AvgIpc) is 2.46. The fourth-order valence-electron chi connectivity index (χ4n) is 2.65. The number of carboxylic acid groups (broad SMARTS) is 1. The van der Waals surface area contributed by atoms with Gasteiger partial charge in [0, 0.05) is 18.8 Å². The molecule has 0 saturated carbocycles. The fourth-order valence-corrected chi connectivity index (χ4v) is 2.65. The molecule has 1 atom stereocenters. The minimum Gasteiger partial charge on any atom is -0.481 e. The van der Waals surface area contributed by atoms with E-state index in [0.29, 0.717) is 6.54 Å². The lowest BCUT2D eigenvalue weighted by Crippen LogP contribution is -2.45. The molecule has 0 aliphatic carbocycles. The Labute approximate surface area is 125 Å². The van der Waals surface area contributed by atoms with Gasteiger partial charge in [-0.1, -0.05) is 32.0 Å². The van der Waals surface area contributed by atoms with E-state index in [-0.39, 0.29) is 18.5 Å². The fraction of sp³-hybridized carbons (Fsp3) is 0.500. The molecule has 0 aromatic heterocycles. The zero-order valence-electron chi connectivity index (χ0n) is 12.5.